The maximum atomic E-state index is 10.5. The van der Waals surface area contributed by atoms with E-state index >= 15 is 0 Å². The standard InChI is InChI=1S/C10H11BrO3/c1-6-4-9(14-13-8(3)12)5-7(2)10(6)11/h4-5H,1-3H3. The van der Waals surface area contributed by atoms with Gasteiger partial charge in [-0.3, -0.25) is 9.78 Å². The summed E-state index contributed by atoms with van der Waals surface area (Å²) in [5.74, 6) is 0.0571. The third-order valence-electron chi connectivity index (χ3n) is 1.67. The molecule has 0 saturated carbocycles. The first kappa shape index (κ1) is 11.0. The second kappa shape index (κ2) is 4.46. The zero-order chi connectivity index (χ0) is 10.7. The van der Waals surface area contributed by atoms with E-state index in [-0.39, 0.29) is 0 Å². The van der Waals surface area contributed by atoms with Crippen LogP contribution in [-0.2, 0) is 9.68 Å². The van der Waals surface area contributed by atoms with Crippen LogP contribution in [0.5, 0.6) is 5.75 Å². The molecule has 0 N–H and O–H groups in total. The van der Waals surface area contributed by atoms with Crippen LogP contribution in [0.3, 0.4) is 0 Å². The lowest BCUT2D eigenvalue weighted by atomic mass is 10.1. The summed E-state index contributed by atoms with van der Waals surface area (Å²) in [5.41, 5.74) is 2.07. The van der Waals surface area contributed by atoms with Crippen molar-refractivity contribution in [3.63, 3.8) is 0 Å². The maximum Gasteiger partial charge on any atom is 0.352 e. The highest BCUT2D eigenvalue weighted by atomic mass is 79.9. The first-order chi connectivity index (χ1) is 6.50. The molecule has 0 amide bonds. The highest BCUT2D eigenvalue weighted by molar-refractivity contribution is 9.10. The minimum absolute atomic E-state index is 0.469. The Balaban J connectivity index is 2.84. The van der Waals surface area contributed by atoms with Crippen molar-refractivity contribution in [2.45, 2.75) is 20.8 Å². The average molecular weight is 259 g/mol. The molecule has 0 heterocycles. The van der Waals surface area contributed by atoms with Crippen LogP contribution in [0.2, 0.25) is 0 Å². The van der Waals surface area contributed by atoms with Crippen molar-refractivity contribution in [3.05, 3.63) is 27.7 Å². The summed E-state index contributed by atoms with van der Waals surface area (Å²) < 4.78 is 1.03. The van der Waals surface area contributed by atoms with E-state index in [0.717, 1.165) is 15.6 Å². The number of hydrogen-bond donors (Lipinski definition) is 0. The Morgan fingerprint density at radius 2 is 1.79 bits per heavy atom. The van der Waals surface area contributed by atoms with E-state index in [9.17, 15) is 4.79 Å². The molecule has 14 heavy (non-hydrogen) atoms. The number of hydrogen-bond acceptors (Lipinski definition) is 3. The second-order valence-electron chi connectivity index (χ2n) is 3.03. The Kier molecular flexibility index (Phi) is 3.52. The molecule has 0 aliphatic rings. The van der Waals surface area contributed by atoms with Gasteiger partial charge in [0.15, 0.2) is 5.75 Å². The van der Waals surface area contributed by atoms with Gasteiger partial charge in [-0.05, 0) is 37.1 Å². The van der Waals surface area contributed by atoms with E-state index in [2.05, 4.69) is 20.8 Å². The molecule has 0 aromatic heterocycles. The minimum Gasteiger partial charge on any atom is -0.287 e. The lowest BCUT2D eigenvalue weighted by Gasteiger charge is -2.07. The third kappa shape index (κ3) is 2.73. The number of carbonyl (C=O) groups is 1. The number of benzene rings is 1. The average Bonchev–Trinajstić information content (AvgIpc) is 2.10. The summed E-state index contributed by atoms with van der Waals surface area (Å²) in [5, 5.41) is 0. The van der Waals surface area contributed by atoms with Gasteiger partial charge >= 0.3 is 5.97 Å². The van der Waals surface area contributed by atoms with Gasteiger partial charge in [0.1, 0.15) is 0 Å². The molecule has 1 aromatic carbocycles. The number of rotatable bonds is 2. The van der Waals surface area contributed by atoms with Gasteiger partial charge in [-0.25, -0.2) is 4.79 Å². The van der Waals surface area contributed by atoms with E-state index < -0.39 is 5.97 Å². The monoisotopic (exact) mass is 258 g/mol. The molecule has 0 atom stereocenters. The van der Waals surface area contributed by atoms with Crippen LogP contribution in [0.15, 0.2) is 16.6 Å². The van der Waals surface area contributed by atoms with Gasteiger partial charge in [-0.2, -0.15) is 0 Å². The third-order valence-corrected chi connectivity index (χ3v) is 2.92. The molecular weight excluding hydrogens is 248 g/mol. The Morgan fingerprint density at radius 1 is 1.29 bits per heavy atom. The van der Waals surface area contributed by atoms with E-state index in [0.29, 0.717) is 5.75 Å². The SMILES string of the molecule is CC(=O)OOc1cc(C)c(Br)c(C)c1. The van der Waals surface area contributed by atoms with Crippen molar-refractivity contribution in [1.82, 2.24) is 0 Å². The first-order valence-electron chi connectivity index (χ1n) is 4.12. The van der Waals surface area contributed by atoms with Crippen molar-refractivity contribution >= 4 is 21.9 Å². The predicted molar refractivity (Wildman–Crippen MR) is 56.0 cm³/mol. The van der Waals surface area contributed by atoms with Gasteiger partial charge in [-0.15, -0.1) is 0 Å². The Bertz CT molecular complexity index is 337. The van der Waals surface area contributed by atoms with Gasteiger partial charge < -0.3 is 0 Å². The molecule has 0 aliphatic carbocycles. The molecule has 0 spiro atoms. The summed E-state index contributed by atoms with van der Waals surface area (Å²) >= 11 is 3.43. The molecule has 1 rings (SSSR count). The van der Waals surface area contributed by atoms with E-state index in [4.69, 9.17) is 4.89 Å². The van der Waals surface area contributed by atoms with Gasteiger partial charge in [0.2, 0.25) is 0 Å². The van der Waals surface area contributed by atoms with Crippen LogP contribution in [0.1, 0.15) is 18.1 Å². The summed E-state index contributed by atoms with van der Waals surface area (Å²) in [7, 11) is 0. The molecule has 0 radical (unpaired) electrons. The van der Waals surface area contributed by atoms with Crippen molar-refractivity contribution < 1.29 is 14.6 Å². The molecule has 0 aliphatic heterocycles. The van der Waals surface area contributed by atoms with Gasteiger partial charge in [0.05, 0.1) is 0 Å². The molecule has 1 aromatic rings. The molecule has 4 heteroatoms. The Morgan fingerprint density at radius 3 is 2.21 bits per heavy atom. The minimum atomic E-state index is -0.469. The van der Waals surface area contributed by atoms with Gasteiger partial charge in [-0.1, -0.05) is 15.9 Å². The zero-order valence-corrected chi connectivity index (χ0v) is 9.84. The maximum absolute atomic E-state index is 10.5. The number of aryl methyl sites for hydroxylation is 2. The molecule has 0 saturated heterocycles. The van der Waals surface area contributed by atoms with E-state index in [1.165, 1.54) is 6.92 Å². The fraction of sp³-hybridized carbons (Fsp3) is 0.300. The van der Waals surface area contributed by atoms with Gasteiger partial charge in [0, 0.05) is 11.4 Å². The van der Waals surface area contributed by atoms with Crippen molar-refractivity contribution in [3.8, 4) is 5.75 Å². The topological polar surface area (TPSA) is 35.5 Å². The van der Waals surface area contributed by atoms with Crippen molar-refractivity contribution in [1.29, 1.82) is 0 Å². The number of carbonyl (C=O) groups excluding carboxylic acids is 1. The summed E-state index contributed by atoms with van der Waals surface area (Å²) in [4.78, 5) is 19.7. The molecule has 0 unspecified atom stereocenters. The van der Waals surface area contributed by atoms with E-state index in [1.54, 1.807) is 12.1 Å². The van der Waals surface area contributed by atoms with Gasteiger partial charge in [0.25, 0.3) is 0 Å². The largest absolute Gasteiger partial charge is 0.352 e. The summed E-state index contributed by atoms with van der Waals surface area (Å²) in [6, 6.07) is 3.58. The summed E-state index contributed by atoms with van der Waals surface area (Å²) in [6.07, 6.45) is 0. The normalized spacial score (nSPS) is 9.71. The first-order valence-corrected chi connectivity index (χ1v) is 4.92. The molecule has 0 bridgehead atoms. The molecule has 0 fully saturated rings. The van der Waals surface area contributed by atoms with Crippen molar-refractivity contribution in [2.24, 2.45) is 0 Å². The van der Waals surface area contributed by atoms with Crippen molar-refractivity contribution in [2.75, 3.05) is 0 Å². The highest BCUT2D eigenvalue weighted by Gasteiger charge is 2.04. The fourth-order valence-electron chi connectivity index (χ4n) is 1.06. The summed E-state index contributed by atoms with van der Waals surface area (Å²) in [6.45, 7) is 5.17. The number of halogens is 1. The second-order valence-corrected chi connectivity index (χ2v) is 3.82. The lowest BCUT2D eigenvalue weighted by Crippen LogP contribution is -2.03. The molecule has 76 valence electrons. The highest BCUT2D eigenvalue weighted by Crippen LogP contribution is 2.26. The van der Waals surface area contributed by atoms with Crippen LogP contribution >= 0.6 is 15.9 Å². The Hall–Kier alpha value is -1.03. The zero-order valence-electron chi connectivity index (χ0n) is 8.26. The van der Waals surface area contributed by atoms with Crippen LogP contribution in [0, 0.1) is 13.8 Å². The quantitative estimate of drug-likeness (QED) is 0.605. The van der Waals surface area contributed by atoms with Crippen LogP contribution in [0.25, 0.3) is 0 Å². The van der Waals surface area contributed by atoms with Crippen LogP contribution in [0.4, 0.5) is 0 Å². The predicted octanol–water partition coefficient (Wildman–Crippen LogP) is 2.92. The van der Waals surface area contributed by atoms with Crippen LogP contribution in [-0.4, -0.2) is 5.97 Å². The molecular formula is C10H11BrO3. The smallest absolute Gasteiger partial charge is 0.287 e. The molecule has 3 nitrogen and oxygen atoms in total. The Labute approximate surface area is 91.1 Å². The van der Waals surface area contributed by atoms with E-state index in [1.807, 2.05) is 13.8 Å². The lowest BCUT2D eigenvalue weighted by molar-refractivity contribution is -0.210. The fourth-order valence-corrected chi connectivity index (χ4v) is 1.29. The van der Waals surface area contributed by atoms with Crippen LogP contribution < -0.4 is 4.89 Å².